The van der Waals surface area contributed by atoms with Crippen LogP contribution in [0.15, 0.2) is 79.1 Å². The number of pyridine rings is 2. The Hall–Kier alpha value is -4.53. The number of nitrogens with zero attached hydrogens (tertiary/aromatic N) is 2. The third-order valence-electron chi connectivity index (χ3n) is 4.67. The van der Waals surface area contributed by atoms with Crippen LogP contribution in [0.1, 0.15) is 21.5 Å². The predicted molar refractivity (Wildman–Crippen MR) is 121 cm³/mol. The lowest BCUT2D eigenvalue weighted by Gasteiger charge is -2.09. The number of carbonyl (C=O) groups is 1. The molecule has 172 valence electrons. The molecule has 0 radical (unpaired) electrons. The summed E-state index contributed by atoms with van der Waals surface area (Å²) in [7, 11) is 0. The quantitative estimate of drug-likeness (QED) is 0.396. The standard InChI is InChI=1S/C25H20F2N4O3/c26-19-9-17(10-20(27)12-19)15-33-21-2-4-22(5-3-21)34-24-6-1-18(14-30-24)25(32)31-13-16-7-8-29-23(28)11-16/h1-12,14H,13,15H2,(H2,28,29)(H,31,32). The van der Waals surface area contributed by atoms with Gasteiger partial charge in [0.15, 0.2) is 0 Å². The van der Waals surface area contributed by atoms with Gasteiger partial charge in [0, 0.05) is 31.1 Å². The van der Waals surface area contributed by atoms with Gasteiger partial charge in [0.25, 0.3) is 5.91 Å². The van der Waals surface area contributed by atoms with Crippen LogP contribution < -0.4 is 20.5 Å². The Bertz CT molecular complexity index is 1260. The molecule has 0 aliphatic rings. The second-order valence-electron chi connectivity index (χ2n) is 7.30. The molecule has 0 bridgehead atoms. The Kier molecular flexibility index (Phi) is 6.92. The molecule has 34 heavy (non-hydrogen) atoms. The van der Waals surface area contributed by atoms with Gasteiger partial charge in [-0.2, -0.15) is 0 Å². The molecule has 0 saturated carbocycles. The molecule has 0 saturated heterocycles. The van der Waals surface area contributed by atoms with Crippen molar-refractivity contribution in [1.82, 2.24) is 15.3 Å². The van der Waals surface area contributed by atoms with Crippen LogP contribution in [0.2, 0.25) is 0 Å². The molecule has 3 N–H and O–H groups in total. The summed E-state index contributed by atoms with van der Waals surface area (Å²) in [5, 5.41) is 2.79. The highest BCUT2D eigenvalue weighted by molar-refractivity contribution is 5.93. The molecule has 0 unspecified atom stereocenters. The van der Waals surface area contributed by atoms with Gasteiger partial charge in [0.1, 0.15) is 35.6 Å². The van der Waals surface area contributed by atoms with Crippen molar-refractivity contribution in [3.63, 3.8) is 0 Å². The number of amides is 1. The van der Waals surface area contributed by atoms with Gasteiger partial charge in [-0.25, -0.2) is 18.7 Å². The first kappa shape index (κ1) is 22.7. The van der Waals surface area contributed by atoms with Crippen LogP contribution in [0, 0.1) is 11.6 Å². The van der Waals surface area contributed by atoms with Crippen molar-refractivity contribution >= 4 is 11.7 Å². The summed E-state index contributed by atoms with van der Waals surface area (Å²) in [5.41, 5.74) is 7.24. The number of hydrogen-bond donors (Lipinski definition) is 2. The highest BCUT2D eigenvalue weighted by Gasteiger charge is 2.08. The van der Waals surface area contributed by atoms with Gasteiger partial charge in [0.2, 0.25) is 5.88 Å². The Labute approximate surface area is 194 Å². The molecular formula is C25H20F2N4O3. The minimum atomic E-state index is -0.655. The zero-order valence-electron chi connectivity index (χ0n) is 17.9. The molecule has 2 aromatic carbocycles. The number of halogens is 2. The number of nitrogens with one attached hydrogen (secondary N) is 1. The topological polar surface area (TPSA) is 99.4 Å². The first-order valence-corrected chi connectivity index (χ1v) is 10.2. The lowest BCUT2D eigenvalue weighted by atomic mass is 10.2. The normalized spacial score (nSPS) is 10.5. The van der Waals surface area contributed by atoms with Gasteiger partial charge in [0.05, 0.1) is 5.56 Å². The molecule has 9 heteroatoms. The van der Waals surface area contributed by atoms with Gasteiger partial charge in [-0.1, -0.05) is 0 Å². The fourth-order valence-corrected chi connectivity index (χ4v) is 3.05. The predicted octanol–water partition coefficient (Wildman–Crippen LogP) is 4.64. The van der Waals surface area contributed by atoms with Crippen LogP contribution >= 0.6 is 0 Å². The largest absolute Gasteiger partial charge is 0.489 e. The smallest absolute Gasteiger partial charge is 0.253 e. The van der Waals surface area contributed by atoms with Crippen molar-refractivity contribution < 1.29 is 23.0 Å². The van der Waals surface area contributed by atoms with Crippen molar-refractivity contribution in [3.8, 4) is 17.4 Å². The van der Waals surface area contributed by atoms with Crippen molar-refractivity contribution in [2.24, 2.45) is 0 Å². The Morgan fingerprint density at radius 3 is 2.29 bits per heavy atom. The number of benzene rings is 2. The van der Waals surface area contributed by atoms with E-state index < -0.39 is 11.6 Å². The summed E-state index contributed by atoms with van der Waals surface area (Å²) in [4.78, 5) is 20.4. The SMILES string of the molecule is Nc1cc(CNC(=O)c2ccc(Oc3ccc(OCc4cc(F)cc(F)c4)cc3)nc2)ccn1. The zero-order chi connectivity index (χ0) is 23.9. The van der Waals surface area contributed by atoms with E-state index in [0.717, 1.165) is 11.6 Å². The monoisotopic (exact) mass is 462 g/mol. The lowest BCUT2D eigenvalue weighted by Crippen LogP contribution is -2.23. The van der Waals surface area contributed by atoms with Crippen LogP contribution in [0.5, 0.6) is 17.4 Å². The van der Waals surface area contributed by atoms with Gasteiger partial charge >= 0.3 is 0 Å². The molecule has 0 fully saturated rings. The second-order valence-corrected chi connectivity index (χ2v) is 7.30. The maximum atomic E-state index is 13.3. The number of rotatable bonds is 8. The summed E-state index contributed by atoms with van der Waals surface area (Å²) in [6, 6.07) is 16.6. The molecule has 7 nitrogen and oxygen atoms in total. The minimum Gasteiger partial charge on any atom is -0.489 e. The van der Waals surface area contributed by atoms with E-state index in [2.05, 4.69) is 15.3 Å². The van der Waals surface area contributed by atoms with Crippen LogP contribution in [0.4, 0.5) is 14.6 Å². The van der Waals surface area contributed by atoms with E-state index in [1.807, 2.05) is 0 Å². The van der Waals surface area contributed by atoms with Crippen molar-refractivity contribution in [2.75, 3.05) is 5.73 Å². The average molecular weight is 462 g/mol. The number of anilines is 1. The number of carbonyl (C=O) groups excluding carboxylic acids is 1. The summed E-state index contributed by atoms with van der Waals surface area (Å²) >= 11 is 0. The third-order valence-corrected chi connectivity index (χ3v) is 4.67. The third kappa shape index (κ3) is 6.26. The van der Waals surface area contributed by atoms with Crippen LogP contribution in [0.25, 0.3) is 0 Å². The first-order chi connectivity index (χ1) is 16.4. The molecule has 2 aromatic heterocycles. The second kappa shape index (κ2) is 10.4. The maximum Gasteiger partial charge on any atom is 0.253 e. The van der Waals surface area contributed by atoms with Gasteiger partial charge in [-0.05, 0) is 65.7 Å². The summed E-state index contributed by atoms with van der Waals surface area (Å²) in [6.07, 6.45) is 3.00. The highest BCUT2D eigenvalue weighted by Crippen LogP contribution is 2.23. The molecule has 1 amide bonds. The molecule has 0 aliphatic carbocycles. The van der Waals surface area contributed by atoms with Crippen LogP contribution in [-0.2, 0) is 13.2 Å². The first-order valence-electron chi connectivity index (χ1n) is 10.2. The fraction of sp³-hybridized carbons (Fsp3) is 0.0800. The van der Waals surface area contributed by atoms with Gasteiger partial charge in [-0.3, -0.25) is 4.79 Å². The van der Waals surface area contributed by atoms with E-state index in [1.165, 1.54) is 18.3 Å². The number of ether oxygens (including phenoxy) is 2. The fourth-order valence-electron chi connectivity index (χ4n) is 3.05. The highest BCUT2D eigenvalue weighted by atomic mass is 19.1. The minimum absolute atomic E-state index is 0.0223. The lowest BCUT2D eigenvalue weighted by molar-refractivity contribution is 0.0950. The van der Waals surface area contributed by atoms with Crippen LogP contribution in [-0.4, -0.2) is 15.9 Å². The van der Waals surface area contributed by atoms with E-state index in [-0.39, 0.29) is 12.5 Å². The Balaban J connectivity index is 1.29. The molecule has 4 aromatic rings. The number of nitrogens with two attached hydrogens (primary N) is 1. The summed E-state index contributed by atoms with van der Waals surface area (Å²) < 4.78 is 37.8. The van der Waals surface area contributed by atoms with E-state index in [4.69, 9.17) is 15.2 Å². The number of hydrogen-bond acceptors (Lipinski definition) is 6. The molecule has 0 atom stereocenters. The van der Waals surface area contributed by atoms with Gasteiger partial charge < -0.3 is 20.5 Å². The van der Waals surface area contributed by atoms with Crippen molar-refractivity contribution in [3.05, 3.63) is 107 Å². The molecule has 0 aliphatic heterocycles. The number of nitrogen functional groups attached to an aromatic ring is 1. The van der Waals surface area contributed by atoms with E-state index in [1.54, 1.807) is 54.7 Å². The van der Waals surface area contributed by atoms with Gasteiger partial charge in [-0.15, -0.1) is 0 Å². The van der Waals surface area contributed by atoms with E-state index in [0.29, 0.717) is 40.9 Å². The molecule has 4 rings (SSSR count). The summed E-state index contributed by atoms with van der Waals surface area (Å²) in [5.74, 6) is 0.111. The van der Waals surface area contributed by atoms with E-state index in [9.17, 15) is 13.6 Å². The molecular weight excluding hydrogens is 442 g/mol. The maximum absolute atomic E-state index is 13.3. The molecule has 2 heterocycles. The molecule has 0 spiro atoms. The van der Waals surface area contributed by atoms with Crippen molar-refractivity contribution in [2.45, 2.75) is 13.2 Å². The Morgan fingerprint density at radius 2 is 1.62 bits per heavy atom. The van der Waals surface area contributed by atoms with E-state index >= 15 is 0 Å². The van der Waals surface area contributed by atoms with Crippen LogP contribution in [0.3, 0.4) is 0 Å². The summed E-state index contributed by atoms with van der Waals surface area (Å²) in [6.45, 7) is 0.334. The van der Waals surface area contributed by atoms with Crippen molar-refractivity contribution in [1.29, 1.82) is 0 Å². The Morgan fingerprint density at radius 1 is 0.882 bits per heavy atom. The number of aromatic nitrogens is 2. The zero-order valence-corrected chi connectivity index (χ0v) is 17.9. The average Bonchev–Trinajstić information content (AvgIpc) is 2.82.